The van der Waals surface area contributed by atoms with Crippen LogP contribution in [0.2, 0.25) is 0 Å². The fourth-order valence-electron chi connectivity index (χ4n) is 3.19. The number of aromatic nitrogens is 2. The van der Waals surface area contributed by atoms with Crippen molar-refractivity contribution in [2.24, 2.45) is 0 Å². The zero-order valence-electron chi connectivity index (χ0n) is 13.8. The van der Waals surface area contributed by atoms with Crippen LogP contribution in [0, 0.1) is 0 Å². The molecule has 1 amide bonds. The Hall–Kier alpha value is -2.95. The molecule has 1 saturated heterocycles. The van der Waals surface area contributed by atoms with Gasteiger partial charge in [-0.3, -0.25) is 14.8 Å². The van der Waals surface area contributed by atoms with Gasteiger partial charge in [0.2, 0.25) is 5.91 Å². The molecule has 2 aromatic heterocycles. The van der Waals surface area contributed by atoms with Crippen molar-refractivity contribution in [1.82, 2.24) is 14.9 Å². The predicted molar refractivity (Wildman–Crippen MR) is 95.3 cm³/mol. The van der Waals surface area contributed by atoms with Gasteiger partial charge in [0.1, 0.15) is 17.4 Å². The fraction of sp³-hybridized carbons (Fsp3) is 0.250. The lowest BCUT2D eigenvalue weighted by molar-refractivity contribution is -0.129. The number of ether oxygens (including phenoxy) is 1. The second-order valence-corrected chi connectivity index (χ2v) is 6.24. The lowest BCUT2D eigenvalue weighted by Crippen LogP contribution is -2.32. The molecule has 0 N–H and O–H groups in total. The summed E-state index contributed by atoms with van der Waals surface area (Å²) < 4.78 is 6.15. The zero-order valence-corrected chi connectivity index (χ0v) is 13.8. The predicted octanol–water partition coefficient (Wildman–Crippen LogP) is 2.85. The van der Waals surface area contributed by atoms with Gasteiger partial charge in [0, 0.05) is 36.9 Å². The van der Waals surface area contributed by atoms with Gasteiger partial charge < -0.3 is 9.64 Å². The van der Waals surface area contributed by atoms with E-state index < -0.39 is 0 Å². The first-order valence-electron chi connectivity index (χ1n) is 8.47. The van der Waals surface area contributed by atoms with Crippen molar-refractivity contribution in [1.29, 1.82) is 0 Å². The Morgan fingerprint density at radius 2 is 2.04 bits per heavy atom. The van der Waals surface area contributed by atoms with Gasteiger partial charge in [-0.15, -0.1) is 0 Å². The van der Waals surface area contributed by atoms with Gasteiger partial charge in [0.05, 0.1) is 13.0 Å². The van der Waals surface area contributed by atoms with Gasteiger partial charge >= 0.3 is 0 Å². The Balaban J connectivity index is 1.41. The maximum absolute atomic E-state index is 12.5. The van der Waals surface area contributed by atoms with Gasteiger partial charge in [0.25, 0.3) is 0 Å². The number of carbonyl (C=O) groups is 1. The van der Waals surface area contributed by atoms with Crippen LogP contribution in [0.3, 0.4) is 0 Å². The number of rotatable bonds is 4. The van der Waals surface area contributed by atoms with Crippen molar-refractivity contribution in [3.63, 3.8) is 0 Å². The molecule has 0 saturated carbocycles. The number of nitrogens with zero attached hydrogens (tertiary/aromatic N) is 3. The average Bonchev–Trinajstić information content (AvgIpc) is 3.12. The Morgan fingerprint density at radius 1 is 1.16 bits per heavy atom. The first-order chi connectivity index (χ1) is 12.3. The summed E-state index contributed by atoms with van der Waals surface area (Å²) in [6.45, 7) is 1.34. The number of hydrogen-bond acceptors (Lipinski definition) is 4. The minimum Gasteiger partial charge on any atom is -0.486 e. The second-order valence-electron chi connectivity index (χ2n) is 6.24. The maximum atomic E-state index is 12.5. The van der Waals surface area contributed by atoms with Crippen LogP contribution < -0.4 is 4.74 Å². The molecule has 25 heavy (non-hydrogen) atoms. The minimum atomic E-state index is 0.00505. The summed E-state index contributed by atoms with van der Waals surface area (Å²) in [6, 6.07) is 13.7. The first-order valence-corrected chi connectivity index (χ1v) is 8.47. The third kappa shape index (κ3) is 3.45. The number of para-hydroxylation sites is 1. The van der Waals surface area contributed by atoms with E-state index >= 15 is 0 Å². The highest BCUT2D eigenvalue weighted by Gasteiger charge is 2.28. The van der Waals surface area contributed by atoms with E-state index in [0.717, 1.165) is 35.2 Å². The first kappa shape index (κ1) is 15.6. The molecule has 1 aliphatic rings. The summed E-state index contributed by atoms with van der Waals surface area (Å²) >= 11 is 0. The van der Waals surface area contributed by atoms with Crippen molar-refractivity contribution in [3.05, 3.63) is 66.6 Å². The van der Waals surface area contributed by atoms with E-state index in [1.165, 1.54) is 0 Å². The van der Waals surface area contributed by atoms with Gasteiger partial charge in [-0.2, -0.15) is 0 Å². The topological polar surface area (TPSA) is 55.3 Å². The van der Waals surface area contributed by atoms with Crippen LogP contribution >= 0.6 is 0 Å². The standard InChI is InChI=1S/C20H19N3O2/c24-19(12-15-4-2-9-21-13-15)23-11-8-17(14-23)25-18-7-1-5-16-6-3-10-22-20(16)18/h1-7,9-10,13,17H,8,11-12,14H2. The largest absolute Gasteiger partial charge is 0.486 e. The number of carbonyl (C=O) groups excluding carboxylic acids is 1. The number of fused-ring (bicyclic) bond motifs is 1. The summed E-state index contributed by atoms with van der Waals surface area (Å²) in [4.78, 5) is 22.8. The van der Waals surface area contributed by atoms with Gasteiger partial charge in [-0.25, -0.2) is 0 Å². The highest BCUT2D eigenvalue weighted by atomic mass is 16.5. The molecule has 5 nitrogen and oxygen atoms in total. The molecule has 0 spiro atoms. The molecule has 1 aromatic carbocycles. The highest BCUT2D eigenvalue weighted by Crippen LogP contribution is 2.26. The molecule has 4 rings (SSSR count). The molecular formula is C20H19N3O2. The third-order valence-electron chi connectivity index (χ3n) is 4.47. The summed E-state index contributed by atoms with van der Waals surface area (Å²) in [7, 11) is 0. The summed E-state index contributed by atoms with van der Waals surface area (Å²) in [5.41, 5.74) is 1.81. The molecule has 0 aliphatic carbocycles. The molecule has 126 valence electrons. The minimum absolute atomic E-state index is 0.00505. The fourth-order valence-corrected chi connectivity index (χ4v) is 3.19. The van der Waals surface area contributed by atoms with E-state index in [1.807, 2.05) is 47.4 Å². The second kappa shape index (κ2) is 6.89. The van der Waals surface area contributed by atoms with Crippen LogP contribution in [0.15, 0.2) is 61.1 Å². The van der Waals surface area contributed by atoms with E-state index in [1.54, 1.807) is 18.6 Å². The number of amides is 1. The molecule has 1 aliphatic heterocycles. The van der Waals surface area contributed by atoms with Gasteiger partial charge in [-0.1, -0.05) is 24.3 Å². The molecular weight excluding hydrogens is 314 g/mol. The normalized spacial score (nSPS) is 17.0. The average molecular weight is 333 g/mol. The number of likely N-dealkylation sites (tertiary alicyclic amines) is 1. The highest BCUT2D eigenvalue weighted by molar-refractivity contribution is 5.84. The van der Waals surface area contributed by atoms with Crippen molar-refractivity contribution in [3.8, 4) is 5.75 Å². The van der Waals surface area contributed by atoms with E-state index in [-0.39, 0.29) is 12.0 Å². The SMILES string of the molecule is O=C(Cc1cccnc1)N1CCC(Oc2cccc3cccnc23)C1. The molecule has 3 aromatic rings. The van der Waals surface area contributed by atoms with Crippen molar-refractivity contribution in [2.45, 2.75) is 18.9 Å². The van der Waals surface area contributed by atoms with Crippen LogP contribution in [0.25, 0.3) is 10.9 Å². The van der Waals surface area contributed by atoms with E-state index in [9.17, 15) is 4.79 Å². The van der Waals surface area contributed by atoms with Gasteiger partial charge in [-0.05, 0) is 23.8 Å². The molecule has 1 fully saturated rings. The molecule has 1 atom stereocenters. The zero-order chi connectivity index (χ0) is 17.1. The molecule has 3 heterocycles. The Bertz CT molecular complexity index is 877. The van der Waals surface area contributed by atoms with E-state index in [0.29, 0.717) is 13.0 Å². The Labute approximate surface area is 146 Å². The van der Waals surface area contributed by atoms with E-state index in [2.05, 4.69) is 9.97 Å². The maximum Gasteiger partial charge on any atom is 0.227 e. The lowest BCUT2D eigenvalue weighted by atomic mass is 10.2. The van der Waals surface area contributed by atoms with Crippen LogP contribution in [-0.4, -0.2) is 40.0 Å². The molecule has 5 heteroatoms. The van der Waals surface area contributed by atoms with Gasteiger partial charge in [0.15, 0.2) is 0 Å². The third-order valence-corrected chi connectivity index (χ3v) is 4.47. The van der Waals surface area contributed by atoms with Crippen LogP contribution in [0.5, 0.6) is 5.75 Å². The quantitative estimate of drug-likeness (QED) is 0.737. The summed E-state index contributed by atoms with van der Waals surface area (Å²) in [6.07, 6.45) is 6.45. The monoisotopic (exact) mass is 333 g/mol. The van der Waals surface area contributed by atoms with Crippen LogP contribution in [0.4, 0.5) is 0 Å². The van der Waals surface area contributed by atoms with Crippen LogP contribution in [0.1, 0.15) is 12.0 Å². The van der Waals surface area contributed by atoms with E-state index in [4.69, 9.17) is 4.74 Å². The number of pyridine rings is 2. The van der Waals surface area contributed by atoms with Crippen molar-refractivity contribution < 1.29 is 9.53 Å². The summed E-state index contributed by atoms with van der Waals surface area (Å²) in [5.74, 6) is 0.903. The molecule has 0 bridgehead atoms. The molecule has 1 unspecified atom stereocenters. The Morgan fingerprint density at radius 3 is 2.92 bits per heavy atom. The number of benzene rings is 1. The molecule has 0 radical (unpaired) electrons. The number of hydrogen-bond donors (Lipinski definition) is 0. The smallest absolute Gasteiger partial charge is 0.227 e. The van der Waals surface area contributed by atoms with Crippen molar-refractivity contribution in [2.75, 3.05) is 13.1 Å². The summed E-state index contributed by atoms with van der Waals surface area (Å²) in [5, 5.41) is 1.06. The Kier molecular flexibility index (Phi) is 4.29. The van der Waals surface area contributed by atoms with Crippen LogP contribution in [-0.2, 0) is 11.2 Å². The van der Waals surface area contributed by atoms with Crippen molar-refractivity contribution >= 4 is 16.8 Å². The lowest BCUT2D eigenvalue weighted by Gasteiger charge is -2.18.